The van der Waals surface area contributed by atoms with Crippen molar-refractivity contribution in [3.05, 3.63) is 59.2 Å². The SMILES string of the molecule is O=C(C1CC1)N1CCCC1c1nc2ccc(C#Cc3ccc4nc([C@@H]5CCCN5C(=O)C5CC5)[nH]c4c3)cc2[nH]1. The second-order valence-corrected chi connectivity index (χ2v) is 11.9. The highest BCUT2D eigenvalue weighted by Crippen LogP contribution is 2.39. The van der Waals surface area contributed by atoms with Gasteiger partial charge in [0.1, 0.15) is 11.6 Å². The highest BCUT2D eigenvalue weighted by Gasteiger charge is 2.41. The highest BCUT2D eigenvalue weighted by molar-refractivity contribution is 5.83. The number of hydrogen-bond acceptors (Lipinski definition) is 4. The van der Waals surface area contributed by atoms with Crippen LogP contribution in [0.1, 0.15) is 86.2 Å². The number of aromatic nitrogens is 4. The molecule has 4 fully saturated rings. The fourth-order valence-electron chi connectivity index (χ4n) is 6.43. The summed E-state index contributed by atoms with van der Waals surface area (Å²) in [5, 5.41) is 0. The van der Waals surface area contributed by atoms with Crippen molar-refractivity contribution in [3.8, 4) is 11.8 Å². The average molecular weight is 533 g/mol. The Labute approximate surface area is 232 Å². The van der Waals surface area contributed by atoms with Crippen molar-refractivity contribution in [2.45, 2.75) is 63.5 Å². The van der Waals surface area contributed by atoms with Crippen LogP contribution in [-0.4, -0.2) is 54.6 Å². The highest BCUT2D eigenvalue weighted by atomic mass is 16.2. The number of fused-ring (bicyclic) bond motifs is 2. The second kappa shape index (κ2) is 9.22. The van der Waals surface area contributed by atoms with Gasteiger partial charge in [-0.25, -0.2) is 9.97 Å². The summed E-state index contributed by atoms with van der Waals surface area (Å²) in [5.41, 5.74) is 5.51. The predicted octanol–water partition coefficient (Wildman–Crippen LogP) is 4.99. The van der Waals surface area contributed by atoms with Crippen molar-refractivity contribution in [3.63, 3.8) is 0 Å². The zero-order chi connectivity index (χ0) is 26.8. The molecule has 2 saturated carbocycles. The lowest BCUT2D eigenvalue weighted by molar-refractivity contribution is -0.134. The maximum atomic E-state index is 12.7. The van der Waals surface area contributed by atoms with Gasteiger partial charge in [-0.1, -0.05) is 11.8 Å². The third-order valence-electron chi connectivity index (χ3n) is 8.91. The summed E-state index contributed by atoms with van der Waals surface area (Å²) in [7, 11) is 0. The zero-order valence-electron chi connectivity index (χ0n) is 22.4. The van der Waals surface area contributed by atoms with Crippen molar-refractivity contribution in [1.29, 1.82) is 0 Å². The summed E-state index contributed by atoms with van der Waals surface area (Å²) in [6.07, 6.45) is 8.07. The Morgan fingerprint density at radius 2 is 1.12 bits per heavy atom. The van der Waals surface area contributed by atoms with Gasteiger partial charge in [-0.05, 0) is 87.8 Å². The standard InChI is InChI=1S/C32H32N6O2/c39-31(21-9-10-21)37-15-1-3-27(37)29-33-23-13-7-19(17-25(23)35-29)5-6-20-8-14-24-26(18-20)36-30(34-24)28-4-2-16-38(28)32(40)22-11-12-22/h7-8,13-14,17-18,21-22,27-28H,1-4,9-12,15-16H2,(H,33,35)(H,34,36)/t27-,28?/m0/s1. The van der Waals surface area contributed by atoms with Gasteiger partial charge < -0.3 is 19.8 Å². The molecule has 2 saturated heterocycles. The van der Waals surface area contributed by atoms with Gasteiger partial charge in [-0.15, -0.1) is 0 Å². The minimum atomic E-state index is 0.0456. The zero-order valence-corrected chi connectivity index (χ0v) is 22.4. The third kappa shape index (κ3) is 4.25. The smallest absolute Gasteiger partial charge is 0.226 e. The van der Waals surface area contributed by atoms with Crippen LogP contribution in [0.4, 0.5) is 0 Å². The number of imidazole rings is 2. The van der Waals surface area contributed by atoms with Crippen molar-refractivity contribution in [2.75, 3.05) is 13.1 Å². The molecule has 8 heteroatoms. The number of nitrogens with one attached hydrogen (secondary N) is 2. The Morgan fingerprint density at radius 1 is 0.675 bits per heavy atom. The number of hydrogen-bond donors (Lipinski definition) is 2. The van der Waals surface area contributed by atoms with E-state index in [-0.39, 0.29) is 23.9 Å². The van der Waals surface area contributed by atoms with Gasteiger partial charge in [0.2, 0.25) is 11.8 Å². The molecule has 202 valence electrons. The molecule has 4 heterocycles. The Balaban J connectivity index is 1.02. The number of H-pyrrole nitrogens is 2. The molecule has 40 heavy (non-hydrogen) atoms. The molecule has 4 aromatic rings. The number of nitrogens with zero attached hydrogens (tertiary/aromatic N) is 4. The molecule has 0 radical (unpaired) electrons. The number of carbonyl (C=O) groups is 2. The summed E-state index contributed by atoms with van der Waals surface area (Å²) in [6.45, 7) is 1.65. The van der Waals surface area contributed by atoms with Crippen LogP contribution < -0.4 is 0 Å². The lowest BCUT2D eigenvalue weighted by atomic mass is 10.1. The van der Waals surface area contributed by atoms with Gasteiger partial charge in [-0.3, -0.25) is 9.59 Å². The van der Waals surface area contributed by atoms with Crippen molar-refractivity contribution < 1.29 is 9.59 Å². The molecule has 2 N–H and O–H groups in total. The van der Waals surface area contributed by atoms with E-state index in [0.717, 1.165) is 109 Å². The van der Waals surface area contributed by atoms with Crippen LogP contribution in [0.5, 0.6) is 0 Å². The molecule has 8 rings (SSSR count). The first-order valence-corrected chi connectivity index (χ1v) is 14.7. The van der Waals surface area contributed by atoms with Crippen molar-refractivity contribution in [1.82, 2.24) is 29.7 Å². The number of rotatable bonds is 4. The molecule has 0 bridgehead atoms. The topological polar surface area (TPSA) is 98.0 Å². The van der Waals surface area contributed by atoms with Gasteiger partial charge >= 0.3 is 0 Å². The molecule has 2 atom stereocenters. The Kier molecular flexibility index (Phi) is 5.48. The largest absolute Gasteiger partial charge is 0.340 e. The molecule has 0 spiro atoms. The molecule has 4 aliphatic rings. The van der Waals surface area contributed by atoms with E-state index in [0.29, 0.717) is 11.8 Å². The van der Waals surface area contributed by atoms with E-state index in [1.165, 1.54) is 0 Å². The summed E-state index contributed by atoms with van der Waals surface area (Å²) in [5.74, 6) is 9.41. The van der Waals surface area contributed by atoms with E-state index >= 15 is 0 Å². The van der Waals surface area contributed by atoms with Gasteiger partial charge in [0.25, 0.3) is 0 Å². The van der Waals surface area contributed by atoms with E-state index in [1.807, 2.05) is 46.2 Å². The van der Waals surface area contributed by atoms with E-state index in [4.69, 9.17) is 9.97 Å². The van der Waals surface area contributed by atoms with E-state index in [2.05, 4.69) is 21.8 Å². The second-order valence-electron chi connectivity index (χ2n) is 11.9. The van der Waals surface area contributed by atoms with Crippen LogP contribution in [-0.2, 0) is 9.59 Å². The molecule has 2 aliphatic heterocycles. The lowest BCUT2D eigenvalue weighted by Gasteiger charge is -2.23. The molecule has 1 unspecified atom stereocenters. The van der Waals surface area contributed by atoms with Crippen LogP contribution in [0, 0.1) is 23.7 Å². The fraction of sp³-hybridized carbons (Fsp3) is 0.438. The Bertz CT molecular complexity index is 1590. The van der Waals surface area contributed by atoms with Gasteiger partial charge in [0, 0.05) is 36.1 Å². The first-order valence-electron chi connectivity index (χ1n) is 14.7. The van der Waals surface area contributed by atoms with E-state index in [9.17, 15) is 9.59 Å². The van der Waals surface area contributed by atoms with Gasteiger partial charge in [0.15, 0.2) is 0 Å². The van der Waals surface area contributed by atoms with Crippen molar-refractivity contribution in [2.24, 2.45) is 11.8 Å². The molecule has 2 aromatic carbocycles. The molecular weight excluding hydrogens is 500 g/mol. The maximum absolute atomic E-state index is 12.7. The average Bonchev–Trinajstić information content (AvgIpc) is 3.77. The number of likely N-dealkylation sites (tertiary alicyclic amines) is 2. The minimum absolute atomic E-state index is 0.0456. The van der Waals surface area contributed by atoms with Crippen LogP contribution in [0.3, 0.4) is 0 Å². The summed E-state index contributed by atoms with van der Waals surface area (Å²) in [6, 6.07) is 12.2. The molecular formula is C32H32N6O2. The monoisotopic (exact) mass is 532 g/mol. The lowest BCUT2D eigenvalue weighted by Crippen LogP contribution is -2.32. The van der Waals surface area contributed by atoms with Crippen LogP contribution in [0.2, 0.25) is 0 Å². The summed E-state index contributed by atoms with van der Waals surface area (Å²) >= 11 is 0. The number of carbonyl (C=O) groups excluding carboxylic acids is 2. The molecule has 2 aromatic heterocycles. The van der Waals surface area contributed by atoms with E-state index in [1.54, 1.807) is 0 Å². The number of amides is 2. The summed E-state index contributed by atoms with van der Waals surface area (Å²) in [4.78, 5) is 46.2. The summed E-state index contributed by atoms with van der Waals surface area (Å²) < 4.78 is 0. The quantitative estimate of drug-likeness (QED) is 0.362. The molecule has 2 amide bonds. The van der Waals surface area contributed by atoms with Gasteiger partial charge in [-0.2, -0.15) is 0 Å². The van der Waals surface area contributed by atoms with Crippen molar-refractivity contribution >= 4 is 33.9 Å². The Morgan fingerprint density at radius 3 is 1.55 bits per heavy atom. The first-order chi connectivity index (χ1) is 19.6. The number of benzene rings is 2. The first kappa shape index (κ1) is 23.7. The normalized spacial score (nSPS) is 22.7. The molecule has 8 nitrogen and oxygen atoms in total. The van der Waals surface area contributed by atoms with E-state index < -0.39 is 0 Å². The maximum Gasteiger partial charge on any atom is 0.226 e. The Hall–Kier alpha value is -4.12. The van der Waals surface area contributed by atoms with Crippen LogP contribution in [0.15, 0.2) is 36.4 Å². The predicted molar refractivity (Wildman–Crippen MR) is 151 cm³/mol. The van der Waals surface area contributed by atoms with Gasteiger partial charge in [0.05, 0.1) is 34.2 Å². The third-order valence-corrected chi connectivity index (χ3v) is 8.91. The number of aromatic amines is 2. The van der Waals surface area contributed by atoms with Crippen LogP contribution >= 0.6 is 0 Å². The fourth-order valence-corrected chi connectivity index (χ4v) is 6.43. The minimum Gasteiger partial charge on any atom is -0.340 e. The van der Waals surface area contributed by atoms with Crippen LogP contribution in [0.25, 0.3) is 22.1 Å². The molecule has 2 aliphatic carbocycles.